The Morgan fingerprint density at radius 1 is 1.21 bits per heavy atom. The Hall–Kier alpha value is -1.60. The minimum atomic E-state index is 0.230. The van der Waals surface area contributed by atoms with Crippen LogP contribution in [0.25, 0.3) is 0 Å². The van der Waals surface area contributed by atoms with Gasteiger partial charge in [0.1, 0.15) is 12.4 Å². The van der Waals surface area contributed by atoms with Crippen LogP contribution in [-0.4, -0.2) is 65.3 Å². The van der Waals surface area contributed by atoms with Gasteiger partial charge in [-0.15, -0.1) is 0 Å². The van der Waals surface area contributed by atoms with E-state index in [1.807, 2.05) is 6.20 Å². The van der Waals surface area contributed by atoms with Gasteiger partial charge >= 0.3 is 0 Å². The van der Waals surface area contributed by atoms with Crippen molar-refractivity contribution in [3.63, 3.8) is 0 Å². The molecule has 1 aromatic heterocycles. The Morgan fingerprint density at radius 2 is 1.97 bits per heavy atom. The lowest BCUT2D eigenvalue weighted by Crippen LogP contribution is -2.60. The molecular formula is C22H40N6O. The van der Waals surface area contributed by atoms with Crippen molar-refractivity contribution in [2.75, 3.05) is 39.4 Å². The van der Waals surface area contributed by atoms with Crippen molar-refractivity contribution in [1.29, 1.82) is 0 Å². The Bertz CT molecular complexity index is 629. The molecule has 0 aromatic carbocycles. The summed E-state index contributed by atoms with van der Waals surface area (Å²) in [6.07, 6.45) is 10.5. The van der Waals surface area contributed by atoms with E-state index in [1.165, 1.54) is 32.1 Å². The molecule has 2 N–H and O–H groups in total. The van der Waals surface area contributed by atoms with E-state index < -0.39 is 0 Å². The summed E-state index contributed by atoms with van der Waals surface area (Å²) in [5, 5.41) is 7.09. The summed E-state index contributed by atoms with van der Waals surface area (Å²) in [7, 11) is 0. The topological polar surface area (TPSA) is 66.7 Å². The summed E-state index contributed by atoms with van der Waals surface area (Å²) < 4.78 is 7.83. The average Bonchev–Trinajstić information content (AvgIpc) is 3.17. The number of aromatic nitrogens is 2. The summed E-state index contributed by atoms with van der Waals surface area (Å²) in [5.41, 5.74) is 0.230. The van der Waals surface area contributed by atoms with Crippen LogP contribution in [-0.2, 0) is 17.8 Å². The largest absolute Gasteiger partial charge is 0.379 e. The average molecular weight is 405 g/mol. The number of nitrogens with one attached hydrogen (secondary N) is 2. The monoisotopic (exact) mass is 404 g/mol. The van der Waals surface area contributed by atoms with E-state index in [1.54, 1.807) is 0 Å². The van der Waals surface area contributed by atoms with Gasteiger partial charge in [-0.25, -0.2) is 9.98 Å². The van der Waals surface area contributed by atoms with E-state index in [9.17, 15) is 0 Å². The van der Waals surface area contributed by atoms with Gasteiger partial charge in [-0.05, 0) is 25.7 Å². The van der Waals surface area contributed by atoms with E-state index in [2.05, 4.69) is 52.1 Å². The molecule has 1 aliphatic carbocycles. The summed E-state index contributed by atoms with van der Waals surface area (Å²) in [5.74, 6) is 2.51. The molecule has 2 fully saturated rings. The minimum Gasteiger partial charge on any atom is -0.379 e. The van der Waals surface area contributed by atoms with Gasteiger partial charge in [0, 0.05) is 50.7 Å². The molecule has 1 saturated heterocycles. The van der Waals surface area contributed by atoms with Crippen molar-refractivity contribution >= 4 is 5.96 Å². The quantitative estimate of drug-likeness (QED) is 0.515. The lowest BCUT2D eigenvalue weighted by molar-refractivity contribution is -0.0352. The lowest BCUT2D eigenvalue weighted by Gasteiger charge is -2.48. The number of nitrogens with zero attached hydrogens (tertiary/aromatic N) is 4. The number of guanidine groups is 1. The van der Waals surface area contributed by atoms with Crippen molar-refractivity contribution in [3.05, 3.63) is 18.2 Å². The molecule has 0 bridgehead atoms. The highest BCUT2D eigenvalue weighted by Gasteiger charge is 2.38. The maximum atomic E-state index is 5.61. The first kappa shape index (κ1) is 22.1. The van der Waals surface area contributed by atoms with E-state index in [0.29, 0.717) is 12.5 Å². The predicted molar refractivity (Wildman–Crippen MR) is 118 cm³/mol. The van der Waals surface area contributed by atoms with E-state index in [0.717, 1.165) is 57.7 Å². The van der Waals surface area contributed by atoms with Gasteiger partial charge in [0.15, 0.2) is 5.96 Å². The van der Waals surface area contributed by atoms with Gasteiger partial charge in [-0.2, -0.15) is 0 Å². The van der Waals surface area contributed by atoms with Gasteiger partial charge in [0.25, 0.3) is 0 Å². The molecule has 29 heavy (non-hydrogen) atoms. The van der Waals surface area contributed by atoms with Crippen LogP contribution in [0.2, 0.25) is 0 Å². The molecule has 2 heterocycles. The van der Waals surface area contributed by atoms with Crippen molar-refractivity contribution in [2.45, 2.75) is 71.5 Å². The van der Waals surface area contributed by atoms with Gasteiger partial charge in [0.2, 0.25) is 0 Å². The van der Waals surface area contributed by atoms with E-state index in [4.69, 9.17) is 9.73 Å². The fourth-order valence-corrected chi connectivity index (χ4v) is 4.64. The standard InChI is InChI=1S/C22H40N6O/c1-4-23-21(25-16-20-24-10-11-27(20)17-19(2)3)26-18-22(8-6-5-7-9-22)28-12-14-29-15-13-28/h10-11,19H,4-9,12-18H2,1-3H3,(H2,23,25,26). The molecule has 7 nitrogen and oxygen atoms in total. The summed E-state index contributed by atoms with van der Waals surface area (Å²) in [6, 6.07) is 0. The van der Waals surface area contributed by atoms with E-state index in [-0.39, 0.29) is 5.54 Å². The predicted octanol–water partition coefficient (Wildman–Crippen LogP) is 2.63. The first-order valence-electron chi connectivity index (χ1n) is 11.5. The fourth-order valence-electron chi connectivity index (χ4n) is 4.64. The molecule has 0 atom stereocenters. The molecular weight excluding hydrogens is 364 g/mol. The zero-order valence-electron chi connectivity index (χ0n) is 18.6. The molecule has 0 unspecified atom stereocenters. The molecule has 2 aliphatic rings. The zero-order chi connectivity index (χ0) is 20.5. The second kappa shape index (κ2) is 11.0. The number of rotatable bonds is 8. The second-order valence-corrected chi connectivity index (χ2v) is 8.82. The van der Waals surface area contributed by atoms with Crippen LogP contribution in [0.3, 0.4) is 0 Å². The van der Waals surface area contributed by atoms with Crippen LogP contribution < -0.4 is 10.6 Å². The molecule has 7 heteroatoms. The number of hydrogen-bond donors (Lipinski definition) is 2. The van der Waals surface area contributed by atoms with Crippen molar-refractivity contribution in [2.24, 2.45) is 10.9 Å². The highest BCUT2D eigenvalue weighted by Crippen LogP contribution is 2.33. The third kappa shape index (κ3) is 6.19. The number of aliphatic imine (C=N–C) groups is 1. The van der Waals surface area contributed by atoms with Crippen molar-refractivity contribution in [3.8, 4) is 0 Å². The third-order valence-corrected chi connectivity index (χ3v) is 6.14. The molecule has 1 saturated carbocycles. The summed E-state index contributed by atoms with van der Waals surface area (Å²) >= 11 is 0. The van der Waals surface area contributed by atoms with Crippen LogP contribution in [0.4, 0.5) is 0 Å². The molecule has 1 aliphatic heterocycles. The van der Waals surface area contributed by atoms with Crippen LogP contribution in [0, 0.1) is 5.92 Å². The number of hydrogen-bond acceptors (Lipinski definition) is 4. The fraction of sp³-hybridized carbons (Fsp3) is 0.818. The minimum absolute atomic E-state index is 0.230. The van der Waals surface area contributed by atoms with Gasteiger partial charge in [-0.3, -0.25) is 4.90 Å². The Kier molecular flexibility index (Phi) is 8.36. The van der Waals surface area contributed by atoms with Crippen LogP contribution in [0.5, 0.6) is 0 Å². The maximum Gasteiger partial charge on any atom is 0.191 e. The lowest BCUT2D eigenvalue weighted by atomic mass is 9.80. The van der Waals surface area contributed by atoms with Gasteiger partial charge in [0.05, 0.1) is 13.2 Å². The smallest absolute Gasteiger partial charge is 0.191 e. The van der Waals surface area contributed by atoms with Crippen molar-refractivity contribution in [1.82, 2.24) is 25.1 Å². The van der Waals surface area contributed by atoms with Crippen LogP contribution >= 0.6 is 0 Å². The summed E-state index contributed by atoms with van der Waals surface area (Å²) in [6.45, 7) is 13.8. The summed E-state index contributed by atoms with van der Waals surface area (Å²) in [4.78, 5) is 12.0. The Balaban J connectivity index is 1.65. The first-order chi connectivity index (χ1) is 14.1. The molecule has 3 rings (SSSR count). The normalized spacial score (nSPS) is 20.8. The third-order valence-electron chi connectivity index (χ3n) is 6.14. The van der Waals surface area contributed by atoms with Crippen molar-refractivity contribution < 1.29 is 4.74 Å². The van der Waals surface area contributed by atoms with Crippen LogP contribution in [0.15, 0.2) is 17.4 Å². The van der Waals surface area contributed by atoms with Gasteiger partial charge in [-0.1, -0.05) is 33.1 Å². The maximum absolute atomic E-state index is 5.61. The first-order valence-corrected chi connectivity index (χ1v) is 11.5. The molecule has 0 radical (unpaired) electrons. The van der Waals surface area contributed by atoms with E-state index >= 15 is 0 Å². The molecule has 0 spiro atoms. The Morgan fingerprint density at radius 3 is 2.66 bits per heavy atom. The number of imidazole rings is 1. The second-order valence-electron chi connectivity index (χ2n) is 8.82. The number of morpholine rings is 1. The molecule has 164 valence electrons. The zero-order valence-corrected chi connectivity index (χ0v) is 18.6. The molecule has 0 amide bonds. The SMILES string of the molecule is CCNC(=NCc1nccn1CC(C)C)NCC1(N2CCOCC2)CCCCC1. The van der Waals surface area contributed by atoms with Crippen LogP contribution in [0.1, 0.15) is 58.7 Å². The van der Waals surface area contributed by atoms with Gasteiger partial charge < -0.3 is 19.9 Å². The Labute approximate surface area is 176 Å². The number of ether oxygens (including phenoxy) is 1. The highest BCUT2D eigenvalue weighted by molar-refractivity contribution is 5.79. The molecule has 1 aromatic rings. The highest BCUT2D eigenvalue weighted by atomic mass is 16.5.